The van der Waals surface area contributed by atoms with Crippen LogP contribution in [0.4, 0.5) is 0 Å². The first-order valence-electron chi connectivity index (χ1n) is 6.43. The molecule has 0 spiro atoms. The second-order valence-corrected chi connectivity index (χ2v) is 5.52. The standard InChI is InChI=1S/C15H18BrNO4/c1-4-17(8-10(2)3)14(19)9-21-15(20)12-7-11(16)5-6-13(12)18/h5-7,18H,2,4,8-9H2,1,3H3. The van der Waals surface area contributed by atoms with Crippen molar-refractivity contribution in [3.63, 3.8) is 0 Å². The number of likely N-dealkylation sites (N-methyl/N-ethyl adjacent to an activating group) is 1. The van der Waals surface area contributed by atoms with Crippen molar-refractivity contribution in [1.82, 2.24) is 4.90 Å². The molecule has 0 bridgehead atoms. The number of hydrogen-bond donors (Lipinski definition) is 1. The van der Waals surface area contributed by atoms with Crippen LogP contribution in [0.25, 0.3) is 0 Å². The quantitative estimate of drug-likeness (QED) is 0.629. The van der Waals surface area contributed by atoms with Gasteiger partial charge in [-0.15, -0.1) is 0 Å². The molecule has 1 aromatic carbocycles. The van der Waals surface area contributed by atoms with Gasteiger partial charge in [0.25, 0.3) is 5.91 Å². The van der Waals surface area contributed by atoms with E-state index >= 15 is 0 Å². The Bertz CT molecular complexity index is 557. The number of benzene rings is 1. The SMILES string of the molecule is C=C(C)CN(CC)C(=O)COC(=O)c1cc(Br)ccc1O. The van der Waals surface area contributed by atoms with E-state index in [0.717, 1.165) is 5.57 Å². The minimum Gasteiger partial charge on any atom is -0.507 e. The summed E-state index contributed by atoms with van der Waals surface area (Å²) in [5, 5.41) is 9.62. The van der Waals surface area contributed by atoms with Crippen LogP contribution < -0.4 is 0 Å². The lowest BCUT2D eigenvalue weighted by Crippen LogP contribution is -2.35. The molecule has 0 aliphatic heterocycles. The summed E-state index contributed by atoms with van der Waals surface area (Å²) in [6.07, 6.45) is 0. The van der Waals surface area contributed by atoms with Gasteiger partial charge in [0.05, 0.1) is 0 Å². The molecule has 5 nitrogen and oxygen atoms in total. The number of carbonyl (C=O) groups excluding carboxylic acids is 2. The molecule has 1 rings (SSSR count). The Balaban J connectivity index is 2.65. The molecule has 0 saturated heterocycles. The van der Waals surface area contributed by atoms with Crippen LogP contribution in [0.3, 0.4) is 0 Å². The van der Waals surface area contributed by atoms with Gasteiger partial charge in [0.1, 0.15) is 11.3 Å². The molecular formula is C15H18BrNO4. The lowest BCUT2D eigenvalue weighted by Gasteiger charge is -2.20. The fourth-order valence-electron chi connectivity index (χ4n) is 1.67. The molecule has 0 heterocycles. The van der Waals surface area contributed by atoms with Crippen molar-refractivity contribution in [3.05, 3.63) is 40.4 Å². The largest absolute Gasteiger partial charge is 0.507 e. The maximum absolute atomic E-state index is 11.9. The van der Waals surface area contributed by atoms with Gasteiger partial charge in [0.2, 0.25) is 0 Å². The summed E-state index contributed by atoms with van der Waals surface area (Å²) < 4.78 is 5.58. The molecule has 21 heavy (non-hydrogen) atoms. The average Bonchev–Trinajstić information content (AvgIpc) is 2.44. The van der Waals surface area contributed by atoms with Gasteiger partial charge in [0, 0.05) is 17.6 Å². The minimum absolute atomic E-state index is 0.0140. The van der Waals surface area contributed by atoms with Crippen LogP contribution in [0.15, 0.2) is 34.8 Å². The summed E-state index contributed by atoms with van der Waals surface area (Å²) in [5.74, 6) is -1.23. The van der Waals surface area contributed by atoms with Crippen LogP contribution in [-0.4, -0.2) is 41.6 Å². The zero-order chi connectivity index (χ0) is 16.0. The molecule has 0 radical (unpaired) electrons. The highest BCUT2D eigenvalue weighted by Gasteiger charge is 2.17. The number of aromatic hydroxyl groups is 1. The van der Waals surface area contributed by atoms with Gasteiger partial charge in [-0.3, -0.25) is 4.79 Å². The molecule has 0 fully saturated rings. The predicted octanol–water partition coefficient (Wildman–Crippen LogP) is 2.74. The highest BCUT2D eigenvalue weighted by molar-refractivity contribution is 9.10. The molecule has 6 heteroatoms. The van der Waals surface area contributed by atoms with Gasteiger partial charge in [0.15, 0.2) is 6.61 Å². The topological polar surface area (TPSA) is 66.8 Å². The number of hydrogen-bond acceptors (Lipinski definition) is 4. The van der Waals surface area contributed by atoms with E-state index in [4.69, 9.17) is 4.74 Å². The smallest absolute Gasteiger partial charge is 0.342 e. The summed E-state index contributed by atoms with van der Waals surface area (Å²) in [4.78, 5) is 25.3. The molecule has 0 unspecified atom stereocenters. The highest BCUT2D eigenvalue weighted by Crippen LogP contribution is 2.22. The normalized spacial score (nSPS) is 10.0. The summed E-state index contributed by atoms with van der Waals surface area (Å²) in [5.41, 5.74) is 0.862. The average molecular weight is 356 g/mol. The Morgan fingerprint density at radius 3 is 2.67 bits per heavy atom. The van der Waals surface area contributed by atoms with Crippen molar-refractivity contribution in [2.75, 3.05) is 19.7 Å². The fraction of sp³-hybridized carbons (Fsp3) is 0.333. The van der Waals surface area contributed by atoms with Gasteiger partial charge < -0.3 is 14.7 Å². The van der Waals surface area contributed by atoms with E-state index in [9.17, 15) is 14.7 Å². The molecule has 114 valence electrons. The lowest BCUT2D eigenvalue weighted by atomic mass is 10.2. The van der Waals surface area contributed by atoms with E-state index < -0.39 is 5.97 Å². The van der Waals surface area contributed by atoms with E-state index in [1.165, 1.54) is 17.0 Å². The number of phenolic OH excluding ortho intramolecular Hbond substituents is 1. The summed E-state index contributed by atoms with van der Waals surface area (Å²) >= 11 is 3.20. The third-order valence-corrected chi connectivity index (χ3v) is 3.19. The Labute approximate surface area is 132 Å². The zero-order valence-corrected chi connectivity index (χ0v) is 13.6. The molecular weight excluding hydrogens is 338 g/mol. The van der Waals surface area contributed by atoms with E-state index in [0.29, 0.717) is 17.6 Å². The maximum Gasteiger partial charge on any atom is 0.342 e. The minimum atomic E-state index is -0.742. The molecule has 1 amide bonds. The molecule has 0 aliphatic rings. The van der Waals surface area contributed by atoms with Gasteiger partial charge in [-0.25, -0.2) is 4.79 Å². The first kappa shape index (κ1) is 17.2. The number of esters is 1. The van der Waals surface area contributed by atoms with E-state index in [1.54, 1.807) is 6.07 Å². The van der Waals surface area contributed by atoms with Crippen LogP contribution in [-0.2, 0) is 9.53 Å². The van der Waals surface area contributed by atoms with Crippen molar-refractivity contribution >= 4 is 27.8 Å². The first-order valence-corrected chi connectivity index (χ1v) is 7.22. The van der Waals surface area contributed by atoms with Gasteiger partial charge in [-0.05, 0) is 32.0 Å². The van der Waals surface area contributed by atoms with Crippen molar-refractivity contribution in [3.8, 4) is 5.75 Å². The number of carbonyl (C=O) groups is 2. The van der Waals surface area contributed by atoms with Crippen molar-refractivity contribution in [2.45, 2.75) is 13.8 Å². The van der Waals surface area contributed by atoms with Crippen LogP contribution in [0.2, 0.25) is 0 Å². The Morgan fingerprint density at radius 1 is 1.43 bits per heavy atom. The fourth-order valence-corrected chi connectivity index (χ4v) is 2.03. The van der Waals surface area contributed by atoms with E-state index in [2.05, 4.69) is 22.5 Å². The van der Waals surface area contributed by atoms with Crippen LogP contribution in [0.1, 0.15) is 24.2 Å². The van der Waals surface area contributed by atoms with Crippen molar-refractivity contribution < 1.29 is 19.4 Å². The Kier molecular flexibility index (Phi) is 6.42. The number of nitrogens with zero attached hydrogens (tertiary/aromatic N) is 1. The number of amides is 1. The molecule has 0 aliphatic carbocycles. The third kappa shape index (κ3) is 5.23. The highest BCUT2D eigenvalue weighted by atomic mass is 79.9. The summed E-state index contributed by atoms with van der Waals surface area (Å²) in [6.45, 7) is 7.97. The number of ether oxygens (including phenoxy) is 1. The Hall–Kier alpha value is -1.82. The monoisotopic (exact) mass is 355 g/mol. The van der Waals surface area contributed by atoms with Gasteiger partial charge in [-0.1, -0.05) is 28.1 Å². The van der Waals surface area contributed by atoms with E-state index in [1.807, 2.05) is 13.8 Å². The van der Waals surface area contributed by atoms with Gasteiger partial charge >= 0.3 is 5.97 Å². The number of phenols is 1. The third-order valence-electron chi connectivity index (χ3n) is 2.70. The predicted molar refractivity (Wildman–Crippen MR) is 83.2 cm³/mol. The first-order chi connectivity index (χ1) is 9.85. The number of halogens is 1. The van der Waals surface area contributed by atoms with Crippen LogP contribution >= 0.6 is 15.9 Å². The second kappa shape index (κ2) is 7.83. The summed E-state index contributed by atoms with van der Waals surface area (Å²) in [6, 6.07) is 4.42. The van der Waals surface area contributed by atoms with Crippen molar-refractivity contribution in [2.24, 2.45) is 0 Å². The van der Waals surface area contributed by atoms with Crippen LogP contribution in [0.5, 0.6) is 5.75 Å². The van der Waals surface area contributed by atoms with Crippen molar-refractivity contribution in [1.29, 1.82) is 0 Å². The lowest BCUT2D eigenvalue weighted by molar-refractivity contribution is -0.133. The molecule has 1 N–H and O–H groups in total. The zero-order valence-electron chi connectivity index (χ0n) is 12.1. The van der Waals surface area contributed by atoms with Crippen LogP contribution in [0, 0.1) is 0 Å². The van der Waals surface area contributed by atoms with E-state index in [-0.39, 0.29) is 23.8 Å². The molecule has 0 aromatic heterocycles. The number of rotatable bonds is 6. The molecule has 0 saturated carbocycles. The maximum atomic E-state index is 11.9. The Morgan fingerprint density at radius 2 is 2.10 bits per heavy atom. The molecule has 0 atom stereocenters. The summed E-state index contributed by atoms with van der Waals surface area (Å²) in [7, 11) is 0. The molecule has 1 aromatic rings. The second-order valence-electron chi connectivity index (χ2n) is 4.60. The van der Waals surface area contributed by atoms with Gasteiger partial charge in [-0.2, -0.15) is 0 Å².